The molecule has 76 valence electrons. The van der Waals surface area contributed by atoms with Crippen LogP contribution in [0.3, 0.4) is 0 Å². The largest absolute Gasteiger partial charge is 0.376 e. The molecule has 0 aliphatic heterocycles. The van der Waals surface area contributed by atoms with Crippen LogP contribution in [0, 0.1) is 27.7 Å². The molecule has 1 aromatic carbocycles. The lowest BCUT2D eigenvalue weighted by molar-refractivity contribution is 1.22. The molecule has 3 heteroatoms. The van der Waals surface area contributed by atoms with Crippen molar-refractivity contribution in [3.05, 3.63) is 28.3 Å². The second-order valence-electron chi connectivity index (χ2n) is 3.61. The van der Waals surface area contributed by atoms with Crippen molar-refractivity contribution < 1.29 is 0 Å². The van der Waals surface area contributed by atoms with E-state index in [0.29, 0.717) is 5.11 Å². The average Bonchev–Trinajstić information content (AvgIpc) is 2.10. The van der Waals surface area contributed by atoms with Crippen LogP contribution in [0.15, 0.2) is 6.07 Å². The Labute approximate surface area is 90.5 Å². The van der Waals surface area contributed by atoms with Gasteiger partial charge in [-0.1, -0.05) is 0 Å². The Morgan fingerprint density at radius 2 is 1.71 bits per heavy atom. The van der Waals surface area contributed by atoms with E-state index in [1.807, 2.05) is 0 Å². The Bertz CT molecular complexity index is 383. The van der Waals surface area contributed by atoms with E-state index in [-0.39, 0.29) is 0 Å². The fraction of sp³-hybridized carbons (Fsp3) is 0.364. The van der Waals surface area contributed by atoms with Gasteiger partial charge in [-0.15, -0.1) is 0 Å². The van der Waals surface area contributed by atoms with E-state index in [1.165, 1.54) is 22.3 Å². The molecule has 1 aromatic rings. The molecule has 0 bridgehead atoms. The summed E-state index contributed by atoms with van der Waals surface area (Å²) < 4.78 is 0. The number of nitrogens with one attached hydrogen (secondary N) is 1. The Morgan fingerprint density at radius 3 is 2.21 bits per heavy atom. The molecular weight excluding hydrogens is 192 g/mol. The van der Waals surface area contributed by atoms with Gasteiger partial charge in [0.15, 0.2) is 5.11 Å². The predicted octanol–water partition coefficient (Wildman–Crippen LogP) is 2.58. The lowest BCUT2D eigenvalue weighted by Crippen LogP contribution is -2.20. The molecule has 0 fully saturated rings. The van der Waals surface area contributed by atoms with Crippen molar-refractivity contribution >= 4 is 23.0 Å². The smallest absolute Gasteiger partial charge is 0.168 e. The molecule has 1 rings (SSSR count). The van der Waals surface area contributed by atoms with Crippen LogP contribution in [-0.2, 0) is 0 Å². The summed E-state index contributed by atoms with van der Waals surface area (Å²) in [6.45, 7) is 8.40. The molecular formula is C11H16N2S. The van der Waals surface area contributed by atoms with Gasteiger partial charge in [0.2, 0.25) is 0 Å². The Hall–Kier alpha value is -1.09. The molecule has 0 unspecified atom stereocenters. The van der Waals surface area contributed by atoms with Crippen molar-refractivity contribution in [2.24, 2.45) is 5.73 Å². The predicted molar refractivity (Wildman–Crippen MR) is 65.8 cm³/mol. The minimum atomic E-state index is 0.316. The summed E-state index contributed by atoms with van der Waals surface area (Å²) in [5.74, 6) is 0. The molecule has 14 heavy (non-hydrogen) atoms. The van der Waals surface area contributed by atoms with E-state index in [0.717, 1.165) is 5.69 Å². The van der Waals surface area contributed by atoms with Crippen LogP contribution in [0.4, 0.5) is 5.69 Å². The number of nitrogens with two attached hydrogens (primary N) is 1. The van der Waals surface area contributed by atoms with Gasteiger partial charge in [0.1, 0.15) is 0 Å². The molecule has 0 aliphatic carbocycles. The van der Waals surface area contributed by atoms with Gasteiger partial charge in [-0.05, 0) is 68.2 Å². The Balaban J connectivity index is 3.25. The maximum Gasteiger partial charge on any atom is 0.168 e. The molecule has 3 N–H and O–H groups in total. The van der Waals surface area contributed by atoms with Crippen molar-refractivity contribution in [1.29, 1.82) is 0 Å². The number of hydrogen-bond donors (Lipinski definition) is 2. The van der Waals surface area contributed by atoms with Gasteiger partial charge in [0.05, 0.1) is 0 Å². The highest BCUT2D eigenvalue weighted by Gasteiger charge is 2.06. The zero-order valence-electron chi connectivity index (χ0n) is 9.06. The van der Waals surface area contributed by atoms with Crippen LogP contribution in [0.2, 0.25) is 0 Å². The van der Waals surface area contributed by atoms with Crippen LogP contribution in [0.25, 0.3) is 0 Å². The van der Waals surface area contributed by atoms with Gasteiger partial charge in [-0.25, -0.2) is 0 Å². The highest BCUT2D eigenvalue weighted by Crippen LogP contribution is 2.24. The average molecular weight is 208 g/mol. The van der Waals surface area contributed by atoms with Crippen LogP contribution < -0.4 is 11.1 Å². The standard InChI is InChI=1S/C11H16N2S/c1-6-5-10(13-11(12)14)9(4)8(3)7(6)2/h5H,1-4H3,(H3,12,13,14). The number of hydrogen-bond acceptors (Lipinski definition) is 1. The molecule has 0 saturated heterocycles. The van der Waals surface area contributed by atoms with E-state index >= 15 is 0 Å². The maximum atomic E-state index is 5.45. The van der Waals surface area contributed by atoms with Gasteiger partial charge >= 0.3 is 0 Å². The van der Waals surface area contributed by atoms with Crippen LogP contribution in [0.5, 0.6) is 0 Å². The van der Waals surface area contributed by atoms with Crippen LogP contribution in [-0.4, -0.2) is 5.11 Å². The third kappa shape index (κ3) is 2.04. The van der Waals surface area contributed by atoms with Crippen LogP contribution >= 0.6 is 12.2 Å². The number of anilines is 1. The topological polar surface area (TPSA) is 38.0 Å². The van der Waals surface area contributed by atoms with Crippen molar-refractivity contribution in [3.8, 4) is 0 Å². The lowest BCUT2D eigenvalue weighted by Gasteiger charge is -2.14. The molecule has 0 radical (unpaired) electrons. The molecule has 0 aromatic heterocycles. The molecule has 0 atom stereocenters. The summed E-state index contributed by atoms with van der Waals surface area (Å²) in [5.41, 5.74) is 11.6. The number of benzene rings is 1. The van der Waals surface area contributed by atoms with Crippen molar-refractivity contribution in [1.82, 2.24) is 0 Å². The maximum absolute atomic E-state index is 5.45. The first kappa shape index (κ1) is 11.0. The minimum absolute atomic E-state index is 0.316. The summed E-state index contributed by atoms with van der Waals surface area (Å²) in [4.78, 5) is 0. The zero-order chi connectivity index (χ0) is 10.9. The Morgan fingerprint density at radius 1 is 1.14 bits per heavy atom. The second-order valence-corrected chi connectivity index (χ2v) is 4.05. The van der Waals surface area contributed by atoms with Gasteiger partial charge in [-0.3, -0.25) is 0 Å². The van der Waals surface area contributed by atoms with E-state index in [1.54, 1.807) is 0 Å². The molecule has 0 aliphatic rings. The number of rotatable bonds is 1. The third-order valence-electron chi connectivity index (χ3n) is 2.74. The van der Waals surface area contributed by atoms with Gasteiger partial charge in [0.25, 0.3) is 0 Å². The van der Waals surface area contributed by atoms with E-state index in [4.69, 9.17) is 18.0 Å². The summed E-state index contributed by atoms with van der Waals surface area (Å²) in [7, 11) is 0. The van der Waals surface area contributed by atoms with E-state index < -0.39 is 0 Å². The zero-order valence-corrected chi connectivity index (χ0v) is 9.88. The van der Waals surface area contributed by atoms with Crippen molar-refractivity contribution in [3.63, 3.8) is 0 Å². The molecule has 0 saturated carbocycles. The first-order valence-electron chi connectivity index (χ1n) is 4.57. The molecule has 0 heterocycles. The molecule has 2 nitrogen and oxygen atoms in total. The summed E-state index contributed by atoms with van der Waals surface area (Å²) in [5, 5.41) is 3.31. The Kier molecular flexibility index (Phi) is 3.11. The quantitative estimate of drug-likeness (QED) is 0.697. The summed E-state index contributed by atoms with van der Waals surface area (Å²) >= 11 is 4.82. The molecule has 0 amide bonds. The fourth-order valence-electron chi connectivity index (χ4n) is 1.47. The first-order valence-corrected chi connectivity index (χ1v) is 4.98. The highest BCUT2D eigenvalue weighted by molar-refractivity contribution is 7.80. The third-order valence-corrected chi connectivity index (χ3v) is 2.84. The van der Waals surface area contributed by atoms with Gasteiger partial charge < -0.3 is 11.1 Å². The summed E-state index contributed by atoms with van der Waals surface area (Å²) in [6.07, 6.45) is 0. The lowest BCUT2D eigenvalue weighted by atomic mass is 9.98. The van der Waals surface area contributed by atoms with Crippen LogP contribution in [0.1, 0.15) is 22.3 Å². The number of aryl methyl sites for hydroxylation is 1. The highest BCUT2D eigenvalue weighted by atomic mass is 32.1. The second kappa shape index (κ2) is 3.96. The normalized spacial score (nSPS) is 10.0. The minimum Gasteiger partial charge on any atom is -0.376 e. The SMILES string of the molecule is Cc1cc(NC(N)=S)c(C)c(C)c1C. The monoisotopic (exact) mass is 208 g/mol. The fourth-order valence-corrected chi connectivity index (χ4v) is 1.58. The van der Waals surface area contributed by atoms with Crippen molar-refractivity contribution in [2.75, 3.05) is 5.32 Å². The molecule has 0 spiro atoms. The van der Waals surface area contributed by atoms with Gasteiger partial charge in [-0.2, -0.15) is 0 Å². The van der Waals surface area contributed by atoms with E-state index in [9.17, 15) is 0 Å². The van der Waals surface area contributed by atoms with Gasteiger partial charge in [0, 0.05) is 5.69 Å². The first-order chi connectivity index (χ1) is 6.43. The number of thiocarbonyl (C=S) groups is 1. The van der Waals surface area contributed by atoms with Crippen molar-refractivity contribution in [2.45, 2.75) is 27.7 Å². The summed E-state index contributed by atoms with van der Waals surface area (Å²) in [6, 6.07) is 2.08. The van der Waals surface area contributed by atoms with E-state index in [2.05, 4.69) is 39.1 Å².